The third-order valence-corrected chi connectivity index (χ3v) is 3.76. The van der Waals surface area contributed by atoms with Crippen molar-refractivity contribution in [1.29, 1.82) is 0 Å². The number of piperazine rings is 1. The molecule has 1 heterocycles. The van der Waals surface area contributed by atoms with Crippen molar-refractivity contribution in [2.75, 3.05) is 39.3 Å². The van der Waals surface area contributed by atoms with Crippen LogP contribution in [0.1, 0.15) is 17.5 Å². The number of rotatable bonds is 5. The van der Waals surface area contributed by atoms with Crippen LogP contribution in [0.25, 0.3) is 0 Å². The summed E-state index contributed by atoms with van der Waals surface area (Å²) in [7, 11) is 0. The number of nitrogens with zero attached hydrogens (tertiary/aromatic N) is 2. The van der Waals surface area contributed by atoms with E-state index in [1.807, 2.05) is 0 Å². The van der Waals surface area contributed by atoms with Crippen LogP contribution in [0.3, 0.4) is 0 Å². The summed E-state index contributed by atoms with van der Waals surface area (Å²) in [6.45, 7) is 5.14. The maximum Gasteiger partial charge on any atom is 0.416 e. The molecule has 0 aliphatic carbocycles. The lowest BCUT2D eigenvalue weighted by molar-refractivity contribution is -0.137. The lowest BCUT2D eigenvalue weighted by Gasteiger charge is -2.34. The van der Waals surface area contributed by atoms with Gasteiger partial charge in [-0.1, -0.05) is 18.2 Å². The first-order chi connectivity index (χ1) is 9.99. The third-order valence-electron chi connectivity index (χ3n) is 3.76. The van der Waals surface area contributed by atoms with Gasteiger partial charge in [0.2, 0.25) is 0 Å². The molecule has 1 aliphatic heterocycles. The molecule has 1 aromatic carbocycles. The molecule has 1 N–H and O–H groups in total. The largest absolute Gasteiger partial charge is 0.416 e. The Morgan fingerprint density at radius 3 is 2.33 bits per heavy atom. The molecule has 6 heteroatoms. The molecule has 1 saturated heterocycles. The van der Waals surface area contributed by atoms with E-state index in [0.717, 1.165) is 45.2 Å². The van der Waals surface area contributed by atoms with Gasteiger partial charge in [0.15, 0.2) is 0 Å². The van der Waals surface area contributed by atoms with E-state index in [9.17, 15) is 13.2 Å². The summed E-state index contributed by atoms with van der Waals surface area (Å²) in [6.07, 6.45) is -3.51. The fourth-order valence-corrected chi connectivity index (χ4v) is 2.57. The van der Waals surface area contributed by atoms with E-state index in [1.54, 1.807) is 6.07 Å². The van der Waals surface area contributed by atoms with Crippen LogP contribution < -0.4 is 0 Å². The Bertz CT molecular complexity index is 443. The highest BCUT2D eigenvalue weighted by Gasteiger charge is 2.30. The zero-order valence-electron chi connectivity index (χ0n) is 11.9. The second-order valence-electron chi connectivity index (χ2n) is 5.39. The Labute approximate surface area is 123 Å². The fraction of sp³-hybridized carbons (Fsp3) is 0.600. The summed E-state index contributed by atoms with van der Waals surface area (Å²) in [5.74, 6) is 0. The average molecular weight is 302 g/mol. The van der Waals surface area contributed by atoms with Gasteiger partial charge < -0.3 is 10.0 Å². The van der Waals surface area contributed by atoms with Crippen molar-refractivity contribution in [3.63, 3.8) is 0 Å². The minimum Gasteiger partial charge on any atom is -0.396 e. The normalized spacial score (nSPS) is 18.1. The number of hydrogen-bond acceptors (Lipinski definition) is 3. The van der Waals surface area contributed by atoms with E-state index in [1.165, 1.54) is 12.1 Å². The second kappa shape index (κ2) is 7.24. The molecule has 3 nitrogen and oxygen atoms in total. The minimum atomic E-state index is -4.28. The van der Waals surface area contributed by atoms with Crippen molar-refractivity contribution in [2.45, 2.75) is 19.1 Å². The number of halogens is 3. The molecule has 0 unspecified atom stereocenters. The van der Waals surface area contributed by atoms with Gasteiger partial charge in [0, 0.05) is 45.9 Å². The number of hydrogen-bond donors (Lipinski definition) is 1. The first-order valence-corrected chi connectivity index (χ1v) is 7.21. The van der Waals surface area contributed by atoms with E-state index >= 15 is 0 Å². The molecule has 0 saturated carbocycles. The van der Waals surface area contributed by atoms with Crippen molar-refractivity contribution < 1.29 is 18.3 Å². The van der Waals surface area contributed by atoms with Gasteiger partial charge >= 0.3 is 6.18 Å². The van der Waals surface area contributed by atoms with Gasteiger partial charge in [0.1, 0.15) is 0 Å². The molecule has 2 rings (SSSR count). The smallest absolute Gasteiger partial charge is 0.396 e. The molecule has 0 radical (unpaired) electrons. The summed E-state index contributed by atoms with van der Waals surface area (Å²) in [5, 5.41) is 8.81. The maximum absolute atomic E-state index is 12.7. The van der Waals surface area contributed by atoms with Gasteiger partial charge in [-0.2, -0.15) is 13.2 Å². The summed E-state index contributed by atoms with van der Waals surface area (Å²) < 4.78 is 38.0. The number of aliphatic hydroxyl groups is 1. The zero-order chi connectivity index (χ0) is 15.3. The van der Waals surface area contributed by atoms with Gasteiger partial charge in [0.05, 0.1) is 5.56 Å². The summed E-state index contributed by atoms with van der Waals surface area (Å²) >= 11 is 0. The maximum atomic E-state index is 12.7. The van der Waals surface area contributed by atoms with Crippen LogP contribution in [0.4, 0.5) is 13.2 Å². The van der Waals surface area contributed by atoms with Crippen LogP contribution in [-0.4, -0.2) is 54.2 Å². The Balaban J connectivity index is 1.86. The SMILES string of the molecule is OCCCN1CCN(Cc2cccc(C(F)(F)F)c2)CC1. The highest BCUT2D eigenvalue weighted by molar-refractivity contribution is 5.25. The van der Waals surface area contributed by atoms with Gasteiger partial charge in [0.25, 0.3) is 0 Å². The van der Waals surface area contributed by atoms with Gasteiger partial charge in [-0.25, -0.2) is 0 Å². The standard InChI is InChI=1S/C15H21F3N2O/c16-15(17,18)14-4-1-3-13(11-14)12-20-8-6-19(7-9-20)5-2-10-21/h1,3-4,11,21H,2,5-10,12H2. The summed E-state index contributed by atoms with van der Waals surface area (Å²) in [5.41, 5.74) is 0.121. The Kier molecular flexibility index (Phi) is 5.61. The van der Waals surface area contributed by atoms with Crippen LogP contribution in [-0.2, 0) is 12.7 Å². The molecular formula is C15H21F3N2O. The molecule has 0 aromatic heterocycles. The first-order valence-electron chi connectivity index (χ1n) is 7.21. The summed E-state index contributed by atoms with van der Waals surface area (Å²) in [4.78, 5) is 4.45. The molecule has 0 bridgehead atoms. The number of alkyl halides is 3. The molecule has 0 atom stereocenters. The Morgan fingerprint density at radius 1 is 1.05 bits per heavy atom. The van der Waals surface area contributed by atoms with Crippen LogP contribution >= 0.6 is 0 Å². The molecule has 0 spiro atoms. The third kappa shape index (κ3) is 4.98. The number of aliphatic hydroxyl groups excluding tert-OH is 1. The average Bonchev–Trinajstić information content (AvgIpc) is 2.46. The predicted molar refractivity (Wildman–Crippen MR) is 74.9 cm³/mol. The van der Waals surface area contributed by atoms with Crippen molar-refractivity contribution in [3.8, 4) is 0 Å². The molecule has 1 aromatic rings. The lowest BCUT2D eigenvalue weighted by atomic mass is 10.1. The van der Waals surface area contributed by atoms with Gasteiger partial charge in [-0.3, -0.25) is 4.90 Å². The predicted octanol–water partition coefficient (Wildman–Crippen LogP) is 2.21. The highest BCUT2D eigenvalue weighted by Crippen LogP contribution is 2.29. The quantitative estimate of drug-likeness (QED) is 0.903. The monoisotopic (exact) mass is 302 g/mol. The van der Waals surface area contributed by atoms with Crippen molar-refractivity contribution in [1.82, 2.24) is 9.80 Å². The van der Waals surface area contributed by atoms with E-state index in [0.29, 0.717) is 12.1 Å². The van der Waals surface area contributed by atoms with E-state index < -0.39 is 11.7 Å². The van der Waals surface area contributed by atoms with E-state index in [2.05, 4.69) is 9.80 Å². The van der Waals surface area contributed by atoms with Gasteiger partial charge in [-0.15, -0.1) is 0 Å². The van der Waals surface area contributed by atoms with Crippen molar-refractivity contribution in [2.24, 2.45) is 0 Å². The van der Waals surface area contributed by atoms with Crippen LogP contribution in [0.5, 0.6) is 0 Å². The molecule has 1 fully saturated rings. The summed E-state index contributed by atoms with van der Waals surface area (Å²) in [6, 6.07) is 5.55. The minimum absolute atomic E-state index is 0.199. The number of benzene rings is 1. The van der Waals surface area contributed by atoms with Crippen LogP contribution in [0.2, 0.25) is 0 Å². The second-order valence-corrected chi connectivity index (χ2v) is 5.39. The first kappa shape index (κ1) is 16.3. The Morgan fingerprint density at radius 2 is 1.71 bits per heavy atom. The van der Waals surface area contributed by atoms with Crippen molar-refractivity contribution >= 4 is 0 Å². The molecule has 118 valence electrons. The molecule has 21 heavy (non-hydrogen) atoms. The van der Waals surface area contributed by atoms with E-state index in [4.69, 9.17) is 5.11 Å². The van der Waals surface area contributed by atoms with Gasteiger partial charge in [-0.05, 0) is 18.1 Å². The highest BCUT2D eigenvalue weighted by atomic mass is 19.4. The fourth-order valence-electron chi connectivity index (χ4n) is 2.57. The van der Waals surface area contributed by atoms with Crippen molar-refractivity contribution in [3.05, 3.63) is 35.4 Å². The zero-order valence-corrected chi connectivity index (χ0v) is 11.9. The molecular weight excluding hydrogens is 281 g/mol. The lowest BCUT2D eigenvalue weighted by Crippen LogP contribution is -2.46. The molecule has 1 aliphatic rings. The molecule has 0 amide bonds. The van der Waals surface area contributed by atoms with Crippen LogP contribution in [0, 0.1) is 0 Å². The Hall–Kier alpha value is -1.11. The van der Waals surface area contributed by atoms with E-state index in [-0.39, 0.29) is 6.61 Å². The topological polar surface area (TPSA) is 26.7 Å². The van der Waals surface area contributed by atoms with Crippen LogP contribution in [0.15, 0.2) is 24.3 Å².